The van der Waals surface area contributed by atoms with Crippen LogP contribution in [0.3, 0.4) is 0 Å². The number of aromatic nitrogens is 4. The number of nitrogens with zero attached hydrogens (tertiary/aromatic N) is 7. The minimum Gasteiger partial charge on any atom is -0.497 e. The van der Waals surface area contributed by atoms with Gasteiger partial charge in [-0.25, -0.2) is 15.0 Å². The highest BCUT2D eigenvalue weighted by Crippen LogP contribution is 2.46. The van der Waals surface area contributed by atoms with Crippen LogP contribution in [0.2, 0.25) is 0 Å². The standard InChI is InChI=1S/C26H28N8O3/c1-15-19(11-34(32-15)14-26(13-27)5-6-26)20-10-29-24(28)23(30-20)21-12-33(2)25(35)22(31-21)16-7-17(36-3)9-18(8-16)37-4/h7-12,25,35H,5-6,14H2,1-4H3,(H2,28,29). The molecule has 0 radical (unpaired) electrons. The lowest BCUT2D eigenvalue weighted by Crippen LogP contribution is -2.38. The number of rotatable bonds is 7. The number of nitrogens with two attached hydrogens (primary N) is 1. The second-order valence-corrected chi connectivity index (χ2v) is 9.36. The van der Waals surface area contributed by atoms with Crippen molar-refractivity contribution in [3.8, 4) is 28.8 Å². The van der Waals surface area contributed by atoms with E-state index in [2.05, 4.69) is 16.2 Å². The average molecular weight is 501 g/mol. The van der Waals surface area contributed by atoms with Crippen molar-refractivity contribution in [1.82, 2.24) is 24.6 Å². The van der Waals surface area contributed by atoms with Gasteiger partial charge in [-0.1, -0.05) is 0 Å². The van der Waals surface area contributed by atoms with Crippen molar-refractivity contribution in [2.24, 2.45) is 10.4 Å². The zero-order valence-electron chi connectivity index (χ0n) is 21.1. The normalized spacial score (nSPS) is 18.1. The van der Waals surface area contributed by atoms with Crippen molar-refractivity contribution in [2.45, 2.75) is 32.5 Å². The Bertz CT molecular complexity index is 1440. The average Bonchev–Trinajstić information content (AvgIpc) is 3.58. The Morgan fingerprint density at radius 1 is 1.22 bits per heavy atom. The molecule has 2 aromatic heterocycles. The number of aliphatic imine (C=N–C) groups is 1. The molecule has 1 saturated carbocycles. The zero-order valence-corrected chi connectivity index (χ0v) is 21.1. The van der Waals surface area contributed by atoms with Crippen molar-refractivity contribution in [3.05, 3.63) is 53.7 Å². The van der Waals surface area contributed by atoms with Gasteiger partial charge in [0.15, 0.2) is 12.0 Å². The molecule has 0 spiro atoms. The lowest BCUT2D eigenvalue weighted by atomic mass is 10.1. The number of aliphatic hydroxyl groups is 1. The maximum absolute atomic E-state index is 10.9. The molecule has 1 aromatic carbocycles. The van der Waals surface area contributed by atoms with Crippen molar-refractivity contribution in [1.29, 1.82) is 5.26 Å². The van der Waals surface area contributed by atoms with E-state index in [-0.39, 0.29) is 11.2 Å². The number of ether oxygens (including phenoxy) is 2. The fraction of sp³-hybridized carbons (Fsp3) is 0.346. The number of hydrogen-bond acceptors (Lipinski definition) is 10. The Balaban J connectivity index is 1.53. The van der Waals surface area contributed by atoms with Gasteiger partial charge in [-0.05, 0) is 31.9 Å². The maximum Gasteiger partial charge on any atom is 0.170 e. The van der Waals surface area contributed by atoms with Crippen molar-refractivity contribution < 1.29 is 14.6 Å². The Hall–Kier alpha value is -4.43. The number of nitriles is 1. The van der Waals surface area contributed by atoms with E-state index < -0.39 is 6.23 Å². The van der Waals surface area contributed by atoms with E-state index >= 15 is 0 Å². The monoisotopic (exact) mass is 500 g/mol. The topological polar surface area (TPSA) is 148 Å². The minimum absolute atomic E-state index is 0.206. The highest BCUT2D eigenvalue weighted by molar-refractivity contribution is 6.07. The van der Waals surface area contributed by atoms with E-state index in [0.29, 0.717) is 46.4 Å². The molecule has 1 fully saturated rings. The SMILES string of the molecule is COc1cc(OC)cc(C2=NC(c3nc(-c4cn(CC5(C#N)CC5)nc4C)cnc3N)=CN(C)C2O)c1. The summed E-state index contributed by atoms with van der Waals surface area (Å²) in [7, 11) is 4.86. The molecule has 1 atom stereocenters. The molecule has 11 nitrogen and oxygen atoms in total. The summed E-state index contributed by atoms with van der Waals surface area (Å²) < 4.78 is 12.6. The third kappa shape index (κ3) is 4.59. The molecule has 1 aliphatic heterocycles. The first-order chi connectivity index (χ1) is 17.8. The molecule has 2 aliphatic rings. The second-order valence-electron chi connectivity index (χ2n) is 9.36. The molecule has 1 aliphatic carbocycles. The van der Waals surface area contributed by atoms with Gasteiger partial charge in [0.05, 0.1) is 55.5 Å². The number of anilines is 1. The molecule has 3 heterocycles. The summed E-state index contributed by atoms with van der Waals surface area (Å²) in [5.41, 5.74) is 9.94. The number of hydrogen-bond donors (Lipinski definition) is 2. The van der Waals surface area contributed by atoms with Gasteiger partial charge in [-0.3, -0.25) is 4.68 Å². The highest BCUT2D eigenvalue weighted by Gasteiger charge is 2.43. The number of nitrogen functional groups attached to an aromatic ring is 1. The summed E-state index contributed by atoms with van der Waals surface area (Å²) in [5.74, 6) is 1.35. The van der Waals surface area contributed by atoms with Crippen molar-refractivity contribution in [3.63, 3.8) is 0 Å². The summed E-state index contributed by atoms with van der Waals surface area (Å²) >= 11 is 0. The van der Waals surface area contributed by atoms with Crippen LogP contribution < -0.4 is 15.2 Å². The molecule has 0 amide bonds. The fourth-order valence-corrected chi connectivity index (χ4v) is 4.29. The molecule has 190 valence electrons. The van der Waals surface area contributed by atoms with E-state index in [1.54, 1.807) is 61.4 Å². The van der Waals surface area contributed by atoms with Crippen molar-refractivity contribution in [2.75, 3.05) is 27.0 Å². The number of aryl methyl sites for hydroxylation is 1. The first kappa shape index (κ1) is 24.3. The number of methoxy groups -OCH3 is 2. The highest BCUT2D eigenvalue weighted by atomic mass is 16.5. The maximum atomic E-state index is 10.9. The summed E-state index contributed by atoms with van der Waals surface area (Å²) in [6.45, 7) is 2.44. The van der Waals surface area contributed by atoms with Crippen LogP contribution in [0.4, 0.5) is 5.82 Å². The van der Waals surface area contributed by atoms with Crippen molar-refractivity contribution >= 4 is 17.2 Å². The van der Waals surface area contributed by atoms with E-state index in [9.17, 15) is 10.4 Å². The predicted molar refractivity (Wildman–Crippen MR) is 138 cm³/mol. The first-order valence-electron chi connectivity index (χ1n) is 11.8. The Morgan fingerprint density at radius 2 is 1.92 bits per heavy atom. The molecule has 0 bridgehead atoms. The minimum atomic E-state index is -1.01. The molecule has 3 aromatic rings. The summed E-state index contributed by atoms with van der Waals surface area (Å²) in [4.78, 5) is 15.5. The van der Waals surface area contributed by atoms with Crippen LogP contribution in [0.5, 0.6) is 11.5 Å². The molecule has 1 unspecified atom stereocenters. The van der Waals surface area contributed by atoms with Gasteiger partial charge in [-0.2, -0.15) is 10.4 Å². The second kappa shape index (κ2) is 9.22. The third-order valence-electron chi connectivity index (χ3n) is 6.67. The summed E-state index contributed by atoms with van der Waals surface area (Å²) in [6.07, 6.45) is 5.93. The van der Waals surface area contributed by atoms with Crippen LogP contribution >= 0.6 is 0 Å². The smallest absolute Gasteiger partial charge is 0.170 e. The van der Waals surface area contributed by atoms with Crippen LogP contribution in [0.15, 0.2) is 41.8 Å². The van der Waals surface area contributed by atoms with Crippen LogP contribution in [-0.2, 0) is 6.54 Å². The number of benzene rings is 1. The Kier molecular flexibility index (Phi) is 6.05. The fourth-order valence-electron chi connectivity index (χ4n) is 4.29. The van der Waals surface area contributed by atoms with E-state index in [0.717, 1.165) is 24.1 Å². The van der Waals surface area contributed by atoms with Gasteiger partial charge >= 0.3 is 0 Å². The van der Waals surface area contributed by atoms with Gasteiger partial charge in [0.25, 0.3) is 0 Å². The quantitative estimate of drug-likeness (QED) is 0.499. The lowest BCUT2D eigenvalue weighted by Gasteiger charge is -2.28. The van der Waals surface area contributed by atoms with Gasteiger partial charge in [0, 0.05) is 36.6 Å². The molecule has 5 rings (SSSR count). The molecular formula is C26H28N8O3. The van der Waals surface area contributed by atoms with E-state index in [1.807, 2.05) is 13.1 Å². The van der Waals surface area contributed by atoms with Gasteiger partial charge in [-0.15, -0.1) is 0 Å². The number of likely N-dealkylation sites (N-methyl/N-ethyl adjacent to an activating group) is 1. The molecular weight excluding hydrogens is 472 g/mol. The molecule has 0 saturated heterocycles. The molecule has 3 N–H and O–H groups in total. The zero-order chi connectivity index (χ0) is 26.3. The number of aliphatic hydroxyl groups excluding tert-OH is 1. The predicted octanol–water partition coefficient (Wildman–Crippen LogP) is 2.60. The Labute approximate surface area is 214 Å². The summed E-state index contributed by atoms with van der Waals surface area (Å²) in [6, 6.07) is 7.70. The Morgan fingerprint density at radius 3 is 2.54 bits per heavy atom. The van der Waals surface area contributed by atoms with Crippen LogP contribution in [0, 0.1) is 23.7 Å². The van der Waals surface area contributed by atoms with E-state index in [4.69, 9.17) is 25.2 Å². The summed E-state index contributed by atoms with van der Waals surface area (Å²) in [5, 5.41) is 24.9. The molecule has 37 heavy (non-hydrogen) atoms. The van der Waals surface area contributed by atoms with Crippen LogP contribution in [0.1, 0.15) is 29.8 Å². The largest absolute Gasteiger partial charge is 0.497 e. The van der Waals surface area contributed by atoms with Crippen LogP contribution in [0.25, 0.3) is 17.0 Å². The van der Waals surface area contributed by atoms with Gasteiger partial charge < -0.3 is 25.2 Å². The van der Waals surface area contributed by atoms with Gasteiger partial charge in [0.2, 0.25) is 0 Å². The van der Waals surface area contributed by atoms with Crippen LogP contribution in [-0.4, -0.2) is 63.0 Å². The third-order valence-corrected chi connectivity index (χ3v) is 6.67. The molecule has 11 heteroatoms. The first-order valence-corrected chi connectivity index (χ1v) is 11.8. The lowest BCUT2D eigenvalue weighted by molar-refractivity contribution is 0.116. The van der Waals surface area contributed by atoms with Gasteiger partial charge in [0.1, 0.15) is 22.9 Å². The van der Waals surface area contributed by atoms with E-state index in [1.165, 1.54) is 0 Å².